The third-order valence-electron chi connectivity index (χ3n) is 6.43. The molecule has 2 aromatic carbocycles. The molecule has 0 saturated heterocycles. The Hall–Kier alpha value is -2.05. The van der Waals surface area contributed by atoms with Gasteiger partial charge in [-0.2, -0.15) is 0 Å². The third kappa shape index (κ3) is 5.16. The Morgan fingerprint density at radius 1 is 1.03 bits per heavy atom. The quantitative estimate of drug-likeness (QED) is 0.668. The highest BCUT2D eigenvalue weighted by molar-refractivity contribution is 7.92. The molecule has 0 amide bonds. The summed E-state index contributed by atoms with van der Waals surface area (Å²) in [5.41, 5.74) is 1.66. The highest BCUT2D eigenvalue weighted by Crippen LogP contribution is 2.32. The summed E-state index contributed by atoms with van der Waals surface area (Å²) in [5.74, 6) is 1.56. The van der Waals surface area contributed by atoms with Crippen molar-refractivity contribution < 1.29 is 13.2 Å². The average Bonchev–Trinajstić information content (AvgIpc) is 2.78. The second-order valence-corrected chi connectivity index (χ2v) is 10.3. The predicted molar refractivity (Wildman–Crippen MR) is 120 cm³/mol. The van der Waals surface area contributed by atoms with Crippen LogP contribution in [0.4, 0.5) is 5.69 Å². The predicted octanol–water partition coefficient (Wildman–Crippen LogP) is 4.74. The molecule has 4 rings (SSSR count). The fourth-order valence-electron chi connectivity index (χ4n) is 4.56. The molecule has 0 bridgehead atoms. The molecule has 1 heterocycles. The zero-order valence-electron chi connectivity index (χ0n) is 17.6. The minimum atomic E-state index is -3.61. The van der Waals surface area contributed by atoms with Crippen molar-refractivity contribution in [2.24, 2.45) is 5.92 Å². The van der Waals surface area contributed by atoms with Crippen molar-refractivity contribution in [3.63, 3.8) is 0 Å². The Morgan fingerprint density at radius 2 is 1.80 bits per heavy atom. The van der Waals surface area contributed by atoms with E-state index < -0.39 is 10.0 Å². The van der Waals surface area contributed by atoms with Crippen LogP contribution in [0.5, 0.6) is 5.75 Å². The number of aryl methyl sites for hydroxylation is 1. The van der Waals surface area contributed by atoms with E-state index in [-0.39, 0.29) is 11.0 Å². The van der Waals surface area contributed by atoms with Gasteiger partial charge in [-0.05, 0) is 62.3 Å². The van der Waals surface area contributed by atoms with Crippen LogP contribution in [-0.2, 0) is 16.4 Å². The summed E-state index contributed by atoms with van der Waals surface area (Å²) in [6, 6.07) is 14.5. The summed E-state index contributed by atoms with van der Waals surface area (Å²) >= 11 is 0. The van der Waals surface area contributed by atoms with Crippen LogP contribution in [-0.4, -0.2) is 27.1 Å². The first-order chi connectivity index (χ1) is 14.5. The van der Waals surface area contributed by atoms with Crippen LogP contribution in [0.2, 0.25) is 0 Å². The first-order valence-electron chi connectivity index (χ1n) is 11.1. The molecule has 0 spiro atoms. The summed E-state index contributed by atoms with van der Waals surface area (Å²) in [7, 11) is -3.61. The number of rotatable bonds is 7. The number of sulfonamides is 1. The van der Waals surface area contributed by atoms with Gasteiger partial charge in [0.2, 0.25) is 0 Å². The Bertz CT molecular complexity index is 940. The summed E-state index contributed by atoms with van der Waals surface area (Å²) in [6.45, 7) is 3.13. The van der Waals surface area contributed by atoms with Gasteiger partial charge < -0.3 is 10.1 Å². The minimum Gasteiger partial charge on any atom is -0.489 e. The standard InChI is InChI=1S/C24H32N2O3S/c1-18(19-8-4-2-5-9-19)25-17-22-15-13-20-12-14-21(16-24(20)29-22)26-30(27,28)23-10-6-3-7-11-23/h3,6-7,10-12,14,16,18-19,22,25-26H,2,4-5,8-9,13,15,17H2,1H3/t18-,22?/m1/s1. The molecule has 2 atom stereocenters. The molecule has 0 aromatic heterocycles. The first kappa shape index (κ1) is 21.2. The van der Waals surface area contributed by atoms with E-state index in [2.05, 4.69) is 17.0 Å². The van der Waals surface area contributed by atoms with Crippen molar-refractivity contribution in [3.8, 4) is 5.75 Å². The molecule has 6 heteroatoms. The molecule has 0 radical (unpaired) electrons. The van der Waals surface area contributed by atoms with Crippen LogP contribution < -0.4 is 14.8 Å². The Labute approximate surface area is 180 Å². The van der Waals surface area contributed by atoms with E-state index >= 15 is 0 Å². The molecule has 5 nitrogen and oxygen atoms in total. The number of hydrogen-bond donors (Lipinski definition) is 2. The topological polar surface area (TPSA) is 67.4 Å². The van der Waals surface area contributed by atoms with E-state index in [1.54, 1.807) is 30.3 Å². The van der Waals surface area contributed by atoms with E-state index in [9.17, 15) is 8.42 Å². The van der Waals surface area contributed by atoms with Gasteiger partial charge in [-0.1, -0.05) is 43.5 Å². The van der Waals surface area contributed by atoms with Gasteiger partial charge in [0.15, 0.2) is 0 Å². The smallest absolute Gasteiger partial charge is 0.261 e. The maximum atomic E-state index is 12.6. The van der Waals surface area contributed by atoms with Crippen LogP contribution >= 0.6 is 0 Å². The molecule has 1 saturated carbocycles. The SMILES string of the molecule is C[C@@H](NCC1CCc2ccc(NS(=O)(=O)c3ccccc3)cc2O1)C1CCCCC1. The number of fused-ring (bicyclic) bond motifs is 1. The molecule has 2 N–H and O–H groups in total. The Kier molecular flexibility index (Phi) is 6.64. The fourth-order valence-corrected chi connectivity index (χ4v) is 5.64. The molecule has 30 heavy (non-hydrogen) atoms. The molecule has 1 aliphatic heterocycles. The van der Waals surface area contributed by atoms with E-state index in [1.807, 2.05) is 18.2 Å². The van der Waals surface area contributed by atoms with Gasteiger partial charge in [-0.25, -0.2) is 8.42 Å². The average molecular weight is 429 g/mol. The van der Waals surface area contributed by atoms with Crippen LogP contribution in [0, 0.1) is 5.92 Å². The number of hydrogen-bond acceptors (Lipinski definition) is 4. The normalized spacial score (nSPS) is 20.8. The molecular formula is C24H32N2O3S. The lowest BCUT2D eigenvalue weighted by Crippen LogP contribution is -2.42. The number of nitrogens with one attached hydrogen (secondary N) is 2. The summed E-state index contributed by atoms with van der Waals surface area (Å²) < 4.78 is 34.1. The van der Waals surface area contributed by atoms with Crippen LogP contribution in [0.25, 0.3) is 0 Å². The van der Waals surface area contributed by atoms with E-state index in [1.165, 1.54) is 32.1 Å². The van der Waals surface area contributed by atoms with Gasteiger partial charge in [0.1, 0.15) is 11.9 Å². The van der Waals surface area contributed by atoms with Gasteiger partial charge in [0, 0.05) is 18.7 Å². The second kappa shape index (κ2) is 9.40. The van der Waals surface area contributed by atoms with Crippen molar-refractivity contribution in [2.45, 2.75) is 68.9 Å². The molecule has 1 unspecified atom stereocenters. The molecule has 1 aliphatic carbocycles. The monoisotopic (exact) mass is 428 g/mol. The molecular weight excluding hydrogens is 396 g/mol. The van der Waals surface area contributed by atoms with Gasteiger partial charge in [-0.3, -0.25) is 4.72 Å². The van der Waals surface area contributed by atoms with Crippen molar-refractivity contribution >= 4 is 15.7 Å². The van der Waals surface area contributed by atoms with Gasteiger partial charge in [0.05, 0.1) is 10.6 Å². The highest BCUT2D eigenvalue weighted by atomic mass is 32.2. The van der Waals surface area contributed by atoms with Crippen molar-refractivity contribution in [1.29, 1.82) is 0 Å². The van der Waals surface area contributed by atoms with Crippen molar-refractivity contribution in [2.75, 3.05) is 11.3 Å². The second-order valence-electron chi connectivity index (χ2n) is 8.61. The van der Waals surface area contributed by atoms with Crippen LogP contribution in [0.1, 0.15) is 51.0 Å². The molecule has 162 valence electrons. The number of anilines is 1. The molecule has 2 aliphatic rings. The van der Waals surface area contributed by atoms with Crippen molar-refractivity contribution in [3.05, 3.63) is 54.1 Å². The minimum absolute atomic E-state index is 0.115. The van der Waals surface area contributed by atoms with E-state index in [4.69, 9.17) is 4.74 Å². The number of benzene rings is 2. The summed E-state index contributed by atoms with van der Waals surface area (Å²) in [5, 5.41) is 3.69. The Balaban J connectivity index is 1.37. The maximum absolute atomic E-state index is 12.6. The van der Waals surface area contributed by atoms with Gasteiger partial charge >= 0.3 is 0 Å². The maximum Gasteiger partial charge on any atom is 0.261 e. The first-order valence-corrected chi connectivity index (χ1v) is 12.6. The third-order valence-corrected chi connectivity index (χ3v) is 7.82. The lowest BCUT2D eigenvalue weighted by atomic mass is 9.84. The van der Waals surface area contributed by atoms with Gasteiger partial charge in [0.25, 0.3) is 10.0 Å². The summed E-state index contributed by atoms with van der Waals surface area (Å²) in [6.07, 6.45) is 8.78. The zero-order valence-corrected chi connectivity index (χ0v) is 18.5. The van der Waals surface area contributed by atoms with Crippen LogP contribution in [0.15, 0.2) is 53.4 Å². The number of ether oxygens (including phenoxy) is 1. The Morgan fingerprint density at radius 3 is 2.57 bits per heavy atom. The summed E-state index contributed by atoms with van der Waals surface area (Å²) in [4.78, 5) is 0.252. The largest absolute Gasteiger partial charge is 0.489 e. The highest BCUT2D eigenvalue weighted by Gasteiger charge is 2.24. The van der Waals surface area contributed by atoms with Crippen molar-refractivity contribution in [1.82, 2.24) is 5.32 Å². The van der Waals surface area contributed by atoms with Crippen LogP contribution in [0.3, 0.4) is 0 Å². The lowest BCUT2D eigenvalue weighted by molar-refractivity contribution is 0.158. The molecule has 1 fully saturated rings. The lowest BCUT2D eigenvalue weighted by Gasteiger charge is -2.31. The van der Waals surface area contributed by atoms with Gasteiger partial charge in [-0.15, -0.1) is 0 Å². The van der Waals surface area contributed by atoms with E-state index in [0.717, 1.165) is 36.6 Å². The zero-order chi connectivity index (χ0) is 21.0. The molecule has 2 aromatic rings. The fraction of sp³-hybridized carbons (Fsp3) is 0.500. The van der Waals surface area contributed by atoms with E-state index in [0.29, 0.717) is 11.7 Å².